The van der Waals surface area contributed by atoms with Gasteiger partial charge in [0.1, 0.15) is 0 Å². The topological polar surface area (TPSA) is 67.8 Å². The van der Waals surface area contributed by atoms with Crippen LogP contribution in [0.25, 0.3) is 0 Å². The van der Waals surface area contributed by atoms with Gasteiger partial charge in [0.15, 0.2) is 5.96 Å². The van der Waals surface area contributed by atoms with Crippen LogP contribution < -0.4 is 15.4 Å². The van der Waals surface area contributed by atoms with Crippen LogP contribution in [0, 0.1) is 5.92 Å². The molecule has 1 aromatic rings. The summed E-state index contributed by atoms with van der Waals surface area (Å²) in [5.74, 6) is 2.04. The molecule has 0 fully saturated rings. The van der Waals surface area contributed by atoms with Crippen molar-refractivity contribution < 1.29 is 9.47 Å². The van der Waals surface area contributed by atoms with E-state index < -0.39 is 0 Å². The molecule has 0 saturated carbocycles. The maximum atomic E-state index is 5.56. The number of hydrogen-bond acceptors (Lipinski definition) is 4. The summed E-state index contributed by atoms with van der Waals surface area (Å²) < 4.78 is 11.0. The monoisotopic (exact) mass is 336 g/mol. The second-order valence-corrected chi connectivity index (χ2v) is 6.03. The number of guanidine groups is 1. The molecular weight excluding hydrogens is 304 g/mol. The Morgan fingerprint density at radius 3 is 2.71 bits per heavy atom. The summed E-state index contributed by atoms with van der Waals surface area (Å²) in [4.78, 5) is 8.51. The molecule has 0 bridgehead atoms. The SMILES string of the molecule is CCCOc1ccc(CNC(=NC)NCCCOCC(C)C)cn1. The van der Waals surface area contributed by atoms with Gasteiger partial charge >= 0.3 is 0 Å². The number of nitrogens with one attached hydrogen (secondary N) is 2. The van der Waals surface area contributed by atoms with E-state index in [0.29, 0.717) is 24.9 Å². The van der Waals surface area contributed by atoms with Gasteiger partial charge in [-0.1, -0.05) is 26.8 Å². The lowest BCUT2D eigenvalue weighted by atomic mass is 10.2. The number of aliphatic imine (C=N–C) groups is 1. The van der Waals surface area contributed by atoms with Crippen molar-refractivity contribution in [1.82, 2.24) is 15.6 Å². The van der Waals surface area contributed by atoms with Crippen LogP contribution in [0.3, 0.4) is 0 Å². The first kappa shape index (κ1) is 20.2. The molecule has 24 heavy (non-hydrogen) atoms. The quantitative estimate of drug-likeness (QED) is 0.369. The van der Waals surface area contributed by atoms with Crippen LogP contribution in [0.2, 0.25) is 0 Å². The fourth-order valence-electron chi connectivity index (χ4n) is 1.91. The third-order valence-corrected chi connectivity index (χ3v) is 3.14. The average Bonchev–Trinajstić information content (AvgIpc) is 2.59. The second kappa shape index (κ2) is 12.6. The zero-order chi connectivity index (χ0) is 17.6. The molecule has 0 aliphatic rings. The number of pyridine rings is 1. The number of nitrogens with zero attached hydrogens (tertiary/aromatic N) is 2. The van der Waals surface area contributed by atoms with Gasteiger partial charge in [0.25, 0.3) is 0 Å². The van der Waals surface area contributed by atoms with E-state index in [1.165, 1.54) is 0 Å². The van der Waals surface area contributed by atoms with E-state index in [-0.39, 0.29) is 0 Å². The van der Waals surface area contributed by atoms with E-state index in [0.717, 1.165) is 44.1 Å². The van der Waals surface area contributed by atoms with Crippen LogP contribution in [0.4, 0.5) is 0 Å². The molecule has 0 spiro atoms. The van der Waals surface area contributed by atoms with Crippen molar-refractivity contribution >= 4 is 5.96 Å². The van der Waals surface area contributed by atoms with E-state index in [2.05, 4.69) is 41.4 Å². The van der Waals surface area contributed by atoms with E-state index in [1.807, 2.05) is 18.3 Å². The predicted octanol–water partition coefficient (Wildman–Crippen LogP) is 2.60. The average molecular weight is 336 g/mol. The largest absolute Gasteiger partial charge is 0.478 e. The van der Waals surface area contributed by atoms with Gasteiger partial charge in [-0.25, -0.2) is 4.98 Å². The molecule has 0 saturated heterocycles. The first-order valence-corrected chi connectivity index (χ1v) is 8.75. The van der Waals surface area contributed by atoms with E-state index in [9.17, 15) is 0 Å². The van der Waals surface area contributed by atoms with Crippen molar-refractivity contribution in [3.05, 3.63) is 23.9 Å². The Labute approximate surface area is 146 Å². The lowest BCUT2D eigenvalue weighted by molar-refractivity contribution is 0.108. The second-order valence-electron chi connectivity index (χ2n) is 6.03. The molecule has 0 radical (unpaired) electrons. The molecule has 6 nitrogen and oxygen atoms in total. The zero-order valence-electron chi connectivity index (χ0n) is 15.5. The van der Waals surface area contributed by atoms with Crippen molar-refractivity contribution in [2.24, 2.45) is 10.9 Å². The summed E-state index contributed by atoms with van der Waals surface area (Å²) in [6.45, 7) is 10.2. The Hall–Kier alpha value is -1.82. The van der Waals surface area contributed by atoms with Crippen molar-refractivity contribution in [1.29, 1.82) is 0 Å². The molecule has 0 unspecified atom stereocenters. The Bertz CT molecular complexity index is 461. The molecule has 0 aliphatic heterocycles. The van der Waals surface area contributed by atoms with Gasteiger partial charge in [0.05, 0.1) is 6.61 Å². The lowest BCUT2D eigenvalue weighted by Gasteiger charge is -2.12. The van der Waals surface area contributed by atoms with Crippen LogP contribution in [0.1, 0.15) is 39.2 Å². The van der Waals surface area contributed by atoms with Crippen LogP contribution in [-0.4, -0.2) is 44.4 Å². The normalized spacial score (nSPS) is 11.6. The molecular formula is C18H32N4O2. The molecule has 1 aromatic heterocycles. The smallest absolute Gasteiger partial charge is 0.213 e. The molecule has 1 rings (SSSR count). The highest BCUT2D eigenvalue weighted by atomic mass is 16.5. The summed E-state index contributed by atoms with van der Waals surface area (Å²) >= 11 is 0. The van der Waals surface area contributed by atoms with Gasteiger partial charge in [0.2, 0.25) is 5.88 Å². The van der Waals surface area contributed by atoms with E-state index in [4.69, 9.17) is 9.47 Å². The van der Waals surface area contributed by atoms with Crippen LogP contribution in [-0.2, 0) is 11.3 Å². The highest BCUT2D eigenvalue weighted by Crippen LogP contribution is 2.07. The molecule has 136 valence electrons. The maximum absolute atomic E-state index is 5.56. The molecule has 2 N–H and O–H groups in total. The van der Waals surface area contributed by atoms with Gasteiger partial charge < -0.3 is 20.1 Å². The summed E-state index contributed by atoms with van der Waals surface area (Å²) in [5, 5.41) is 6.56. The van der Waals surface area contributed by atoms with Crippen molar-refractivity contribution in [2.45, 2.75) is 40.2 Å². The minimum absolute atomic E-state index is 0.583. The summed E-state index contributed by atoms with van der Waals surface area (Å²) in [6.07, 6.45) is 3.76. The van der Waals surface area contributed by atoms with Gasteiger partial charge in [-0.3, -0.25) is 4.99 Å². The zero-order valence-corrected chi connectivity index (χ0v) is 15.5. The third-order valence-electron chi connectivity index (χ3n) is 3.14. The number of hydrogen-bond donors (Lipinski definition) is 2. The number of ether oxygens (including phenoxy) is 2. The Morgan fingerprint density at radius 2 is 2.08 bits per heavy atom. The Morgan fingerprint density at radius 1 is 1.25 bits per heavy atom. The van der Waals surface area contributed by atoms with Crippen LogP contribution in [0.15, 0.2) is 23.3 Å². The molecule has 0 amide bonds. The van der Waals surface area contributed by atoms with Crippen molar-refractivity contribution in [2.75, 3.05) is 33.4 Å². The fraction of sp³-hybridized carbons (Fsp3) is 0.667. The summed E-state index contributed by atoms with van der Waals surface area (Å²) in [5.41, 5.74) is 1.09. The molecule has 0 aliphatic carbocycles. The first-order chi connectivity index (χ1) is 11.7. The molecule has 0 atom stereocenters. The molecule has 0 aromatic carbocycles. The maximum Gasteiger partial charge on any atom is 0.213 e. The first-order valence-electron chi connectivity index (χ1n) is 8.75. The molecule has 1 heterocycles. The Balaban J connectivity index is 2.21. The van der Waals surface area contributed by atoms with Crippen molar-refractivity contribution in [3.8, 4) is 5.88 Å². The van der Waals surface area contributed by atoms with Gasteiger partial charge in [-0.15, -0.1) is 0 Å². The highest BCUT2D eigenvalue weighted by Gasteiger charge is 2.00. The van der Waals surface area contributed by atoms with Crippen LogP contribution >= 0.6 is 0 Å². The highest BCUT2D eigenvalue weighted by molar-refractivity contribution is 5.79. The van der Waals surface area contributed by atoms with Crippen molar-refractivity contribution in [3.63, 3.8) is 0 Å². The molecule has 6 heteroatoms. The van der Waals surface area contributed by atoms with E-state index >= 15 is 0 Å². The third kappa shape index (κ3) is 9.35. The summed E-state index contributed by atoms with van der Waals surface area (Å²) in [6, 6.07) is 3.91. The predicted molar refractivity (Wildman–Crippen MR) is 98.5 cm³/mol. The van der Waals surface area contributed by atoms with Gasteiger partial charge in [-0.05, 0) is 24.3 Å². The minimum atomic E-state index is 0.583. The Kier molecular flexibility index (Phi) is 10.6. The standard InChI is InChI=1S/C18H32N4O2/c1-5-10-24-17-8-7-16(12-21-17)13-22-18(19-4)20-9-6-11-23-14-15(2)3/h7-8,12,15H,5-6,9-11,13-14H2,1-4H3,(H2,19,20,22). The number of rotatable bonds is 11. The van der Waals surface area contributed by atoms with Gasteiger partial charge in [0, 0.05) is 45.6 Å². The van der Waals surface area contributed by atoms with E-state index in [1.54, 1.807) is 7.05 Å². The summed E-state index contributed by atoms with van der Waals surface area (Å²) in [7, 11) is 1.77. The minimum Gasteiger partial charge on any atom is -0.478 e. The number of aromatic nitrogens is 1. The fourth-order valence-corrected chi connectivity index (χ4v) is 1.91. The van der Waals surface area contributed by atoms with Crippen LogP contribution in [0.5, 0.6) is 5.88 Å². The van der Waals surface area contributed by atoms with Gasteiger partial charge in [-0.2, -0.15) is 0 Å². The lowest BCUT2D eigenvalue weighted by Crippen LogP contribution is -2.37.